The van der Waals surface area contributed by atoms with Gasteiger partial charge in [0.25, 0.3) is 0 Å². The van der Waals surface area contributed by atoms with Crippen molar-refractivity contribution >= 4 is 46.6 Å². The lowest BCUT2D eigenvalue weighted by Gasteiger charge is -2.36. The molecule has 3 aromatic rings. The van der Waals surface area contributed by atoms with E-state index in [-0.39, 0.29) is 5.91 Å². The van der Waals surface area contributed by atoms with E-state index in [0.29, 0.717) is 27.3 Å². The Hall–Kier alpha value is -2.73. The first-order valence-electron chi connectivity index (χ1n) is 11.0. The number of likely N-dealkylation sites (N-methyl/N-ethyl adjacent to an activating group) is 1. The summed E-state index contributed by atoms with van der Waals surface area (Å²) in [4.78, 5) is 17.1. The summed E-state index contributed by atoms with van der Waals surface area (Å²) < 4.78 is 5.83. The second-order valence-corrected chi connectivity index (χ2v) is 8.89. The van der Waals surface area contributed by atoms with E-state index in [9.17, 15) is 4.79 Å². The lowest BCUT2D eigenvalue weighted by Crippen LogP contribution is -2.46. The van der Waals surface area contributed by atoms with Crippen LogP contribution in [0.15, 0.2) is 59.0 Å². The largest absolute Gasteiger partial charge is 0.457 e. The molecule has 2 heterocycles. The van der Waals surface area contributed by atoms with E-state index in [0.717, 1.165) is 49.5 Å². The highest BCUT2D eigenvalue weighted by Crippen LogP contribution is 2.30. The predicted octanol–water partition coefficient (Wildman–Crippen LogP) is 6.36. The van der Waals surface area contributed by atoms with E-state index in [1.165, 1.54) is 6.08 Å². The van der Waals surface area contributed by atoms with Crippen molar-refractivity contribution in [1.29, 1.82) is 0 Å². The number of carbonyl (C=O) groups is 1. The van der Waals surface area contributed by atoms with Crippen molar-refractivity contribution in [3.8, 4) is 11.3 Å². The molecule has 7 heteroatoms. The van der Waals surface area contributed by atoms with Crippen LogP contribution in [0.25, 0.3) is 17.4 Å². The number of rotatable bonds is 6. The first-order valence-corrected chi connectivity index (χ1v) is 11.8. The number of nitrogens with one attached hydrogen (secondary N) is 1. The number of amides is 1. The molecule has 0 unspecified atom stereocenters. The molecular weight excluding hydrogens is 457 g/mol. The number of hydrogen-bond donors (Lipinski definition) is 1. The van der Waals surface area contributed by atoms with Gasteiger partial charge in [-0.25, -0.2) is 0 Å². The molecule has 0 atom stereocenters. The maximum atomic E-state index is 12.4. The van der Waals surface area contributed by atoms with Crippen LogP contribution in [0.5, 0.6) is 0 Å². The molecule has 33 heavy (non-hydrogen) atoms. The van der Waals surface area contributed by atoms with Crippen molar-refractivity contribution in [3.05, 3.63) is 76.0 Å². The van der Waals surface area contributed by atoms with Crippen LogP contribution in [0.3, 0.4) is 0 Å². The lowest BCUT2D eigenvalue weighted by atomic mass is 10.1. The molecule has 2 aromatic carbocycles. The van der Waals surface area contributed by atoms with Gasteiger partial charge in [0.05, 0.1) is 10.7 Å². The Morgan fingerprint density at radius 3 is 2.52 bits per heavy atom. The van der Waals surface area contributed by atoms with Gasteiger partial charge in [0.15, 0.2) is 0 Å². The number of halogens is 2. The van der Waals surface area contributed by atoms with Crippen molar-refractivity contribution < 1.29 is 9.21 Å². The minimum absolute atomic E-state index is 0.258. The average Bonchev–Trinajstić information content (AvgIpc) is 3.29. The van der Waals surface area contributed by atoms with E-state index in [1.807, 2.05) is 49.4 Å². The third kappa shape index (κ3) is 5.80. The van der Waals surface area contributed by atoms with Crippen LogP contribution in [0.2, 0.25) is 10.0 Å². The quantitative estimate of drug-likeness (QED) is 0.414. The molecule has 1 aliphatic rings. The number of benzene rings is 2. The summed E-state index contributed by atoms with van der Waals surface area (Å²) in [5.41, 5.74) is 3.55. The molecule has 1 saturated heterocycles. The molecule has 1 amide bonds. The van der Waals surface area contributed by atoms with Crippen LogP contribution in [0.4, 0.5) is 11.4 Å². The van der Waals surface area contributed by atoms with Crippen molar-refractivity contribution in [2.45, 2.75) is 13.8 Å². The first kappa shape index (κ1) is 23.4. The maximum absolute atomic E-state index is 12.4. The fourth-order valence-electron chi connectivity index (χ4n) is 3.83. The summed E-state index contributed by atoms with van der Waals surface area (Å²) in [5, 5.41) is 4.18. The van der Waals surface area contributed by atoms with Crippen molar-refractivity contribution in [3.63, 3.8) is 0 Å². The Balaban J connectivity index is 1.36. The van der Waals surface area contributed by atoms with Crippen LogP contribution in [0, 0.1) is 6.92 Å². The van der Waals surface area contributed by atoms with Gasteiger partial charge in [-0.15, -0.1) is 0 Å². The molecule has 1 aliphatic heterocycles. The van der Waals surface area contributed by atoms with Gasteiger partial charge >= 0.3 is 0 Å². The molecule has 172 valence electrons. The van der Waals surface area contributed by atoms with Crippen molar-refractivity contribution in [2.75, 3.05) is 42.9 Å². The van der Waals surface area contributed by atoms with E-state index in [1.54, 1.807) is 12.1 Å². The highest BCUT2D eigenvalue weighted by Gasteiger charge is 2.18. The van der Waals surface area contributed by atoms with Gasteiger partial charge in [-0.05, 0) is 61.5 Å². The van der Waals surface area contributed by atoms with E-state index in [2.05, 4.69) is 22.0 Å². The standard InChI is InChI=1S/C26H27Cl2N3O2/c1-3-30-12-14-31(15-13-30)24-9-6-20(17-23(24)28)29-26(32)11-8-21-7-10-25(33-21)19-5-4-18(2)22(27)16-19/h4-11,16-17H,3,12-15H2,1-2H3,(H,29,32)/b11-8+. The molecule has 1 fully saturated rings. The van der Waals surface area contributed by atoms with Crippen LogP contribution in [-0.2, 0) is 4.79 Å². The number of furan rings is 1. The Morgan fingerprint density at radius 2 is 1.82 bits per heavy atom. The van der Waals surface area contributed by atoms with Gasteiger partial charge in [0.2, 0.25) is 5.91 Å². The third-order valence-electron chi connectivity index (χ3n) is 5.86. The summed E-state index contributed by atoms with van der Waals surface area (Å²) in [6, 6.07) is 15.1. The Kier molecular flexibility index (Phi) is 7.43. The summed E-state index contributed by atoms with van der Waals surface area (Å²) >= 11 is 12.7. The Morgan fingerprint density at radius 1 is 1.03 bits per heavy atom. The molecule has 4 rings (SSSR count). The van der Waals surface area contributed by atoms with Crippen LogP contribution in [-0.4, -0.2) is 43.5 Å². The average molecular weight is 484 g/mol. The molecule has 1 aromatic heterocycles. The monoisotopic (exact) mass is 483 g/mol. The minimum Gasteiger partial charge on any atom is -0.457 e. The number of nitrogens with zero attached hydrogens (tertiary/aromatic N) is 2. The number of piperazine rings is 1. The molecule has 0 bridgehead atoms. The van der Waals surface area contributed by atoms with Gasteiger partial charge in [-0.3, -0.25) is 4.79 Å². The molecule has 5 nitrogen and oxygen atoms in total. The summed E-state index contributed by atoms with van der Waals surface area (Å²) in [6.45, 7) is 9.15. The number of hydrogen-bond acceptors (Lipinski definition) is 4. The maximum Gasteiger partial charge on any atom is 0.248 e. The van der Waals surface area contributed by atoms with Crippen molar-refractivity contribution in [1.82, 2.24) is 4.90 Å². The van der Waals surface area contributed by atoms with Gasteiger partial charge in [-0.1, -0.05) is 42.3 Å². The highest BCUT2D eigenvalue weighted by molar-refractivity contribution is 6.33. The SMILES string of the molecule is CCN1CCN(c2ccc(NC(=O)/C=C/c3ccc(-c4ccc(C)c(Cl)c4)o3)cc2Cl)CC1. The number of anilines is 2. The predicted molar refractivity (Wildman–Crippen MR) is 137 cm³/mol. The summed E-state index contributed by atoms with van der Waals surface area (Å²) in [6.07, 6.45) is 3.08. The van der Waals surface area contributed by atoms with Crippen LogP contribution in [0.1, 0.15) is 18.2 Å². The third-order valence-corrected chi connectivity index (χ3v) is 6.57. The lowest BCUT2D eigenvalue weighted by molar-refractivity contribution is -0.111. The molecular formula is C26H27Cl2N3O2. The zero-order chi connectivity index (χ0) is 23.4. The zero-order valence-electron chi connectivity index (χ0n) is 18.8. The minimum atomic E-state index is -0.258. The molecule has 0 saturated carbocycles. The smallest absolute Gasteiger partial charge is 0.248 e. The van der Waals surface area contributed by atoms with Crippen molar-refractivity contribution in [2.24, 2.45) is 0 Å². The normalized spacial score (nSPS) is 14.7. The second kappa shape index (κ2) is 10.5. The fraction of sp³-hybridized carbons (Fsp3) is 0.269. The van der Waals surface area contributed by atoms with Gasteiger partial charge < -0.3 is 19.5 Å². The van der Waals surface area contributed by atoms with Crippen LogP contribution < -0.4 is 10.2 Å². The second-order valence-electron chi connectivity index (χ2n) is 8.08. The summed E-state index contributed by atoms with van der Waals surface area (Å²) in [5.74, 6) is 1.02. The molecule has 0 aliphatic carbocycles. The Bertz CT molecular complexity index is 1160. The van der Waals surface area contributed by atoms with E-state index >= 15 is 0 Å². The molecule has 1 N–H and O–H groups in total. The van der Waals surface area contributed by atoms with Gasteiger partial charge in [0.1, 0.15) is 11.5 Å². The number of aryl methyl sites for hydroxylation is 1. The summed E-state index contributed by atoms with van der Waals surface area (Å²) in [7, 11) is 0. The molecule has 0 radical (unpaired) electrons. The molecule has 0 spiro atoms. The zero-order valence-corrected chi connectivity index (χ0v) is 20.3. The van der Waals surface area contributed by atoms with E-state index in [4.69, 9.17) is 27.6 Å². The van der Waals surface area contributed by atoms with Gasteiger partial charge in [-0.2, -0.15) is 0 Å². The fourth-order valence-corrected chi connectivity index (χ4v) is 4.31. The highest BCUT2D eigenvalue weighted by atomic mass is 35.5. The van der Waals surface area contributed by atoms with Gasteiger partial charge in [0, 0.05) is 48.5 Å². The number of carbonyl (C=O) groups excluding carboxylic acids is 1. The first-order chi connectivity index (χ1) is 15.9. The Labute approximate surface area is 204 Å². The van der Waals surface area contributed by atoms with E-state index < -0.39 is 0 Å². The topological polar surface area (TPSA) is 48.7 Å². The van der Waals surface area contributed by atoms with Crippen LogP contribution >= 0.6 is 23.2 Å².